The van der Waals surface area contributed by atoms with E-state index in [1.165, 1.54) is 5.01 Å². The molecule has 0 spiro atoms. The molecule has 0 aliphatic carbocycles. The molecule has 9 heavy (non-hydrogen) atoms. The number of nitrogens with zero attached hydrogens (tertiary/aromatic N) is 1. The topological polar surface area (TPSA) is 58.7 Å². The van der Waals surface area contributed by atoms with Gasteiger partial charge in [-0.3, -0.25) is 5.84 Å². The highest BCUT2D eigenvalue weighted by atomic mass is 16.5. The Bertz CT molecular complexity index is 68.0. The summed E-state index contributed by atoms with van der Waals surface area (Å²) >= 11 is 0. The SMILES string of the molecule is COCC(O)CN(C)N. The molecule has 0 rings (SSSR count). The first-order chi connectivity index (χ1) is 4.16. The highest BCUT2D eigenvalue weighted by Gasteiger charge is 2.03. The summed E-state index contributed by atoms with van der Waals surface area (Å²) < 4.78 is 4.67. The molecule has 0 amide bonds. The Morgan fingerprint density at radius 3 is 2.67 bits per heavy atom. The number of ether oxygens (including phenoxy) is 1. The smallest absolute Gasteiger partial charge is 0.0913 e. The van der Waals surface area contributed by atoms with E-state index in [-0.39, 0.29) is 0 Å². The summed E-state index contributed by atoms with van der Waals surface area (Å²) in [5.41, 5.74) is 0. The maximum atomic E-state index is 8.97. The average molecular weight is 134 g/mol. The molecule has 1 unspecified atom stereocenters. The molecule has 0 aliphatic heterocycles. The minimum absolute atomic E-state index is 0.335. The fourth-order valence-corrected chi connectivity index (χ4v) is 0.578. The number of likely N-dealkylation sites (N-methyl/N-ethyl adjacent to an activating group) is 1. The van der Waals surface area contributed by atoms with Gasteiger partial charge >= 0.3 is 0 Å². The summed E-state index contributed by atoms with van der Waals surface area (Å²) in [5.74, 6) is 5.24. The lowest BCUT2D eigenvalue weighted by molar-refractivity contribution is 0.0433. The van der Waals surface area contributed by atoms with Crippen molar-refractivity contribution >= 4 is 0 Å². The minimum atomic E-state index is -0.481. The van der Waals surface area contributed by atoms with Crippen LogP contribution < -0.4 is 5.84 Å². The number of hydrogen-bond donors (Lipinski definition) is 2. The van der Waals surface area contributed by atoms with E-state index in [0.29, 0.717) is 13.2 Å². The minimum Gasteiger partial charge on any atom is -0.389 e. The van der Waals surface area contributed by atoms with Crippen molar-refractivity contribution in [3.05, 3.63) is 0 Å². The van der Waals surface area contributed by atoms with Crippen LogP contribution in [0.3, 0.4) is 0 Å². The van der Waals surface area contributed by atoms with Crippen molar-refractivity contribution in [2.75, 3.05) is 27.3 Å². The molecular weight excluding hydrogens is 120 g/mol. The fraction of sp³-hybridized carbons (Fsp3) is 1.00. The molecule has 0 fully saturated rings. The largest absolute Gasteiger partial charge is 0.389 e. The average Bonchev–Trinajstić information content (AvgIpc) is 1.63. The van der Waals surface area contributed by atoms with Gasteiger partial charge < -0.3 is 9.84 Å². The molecular formula is C5H14N2O2. The molecule has 0 bridgehead atoms. The molecule has 4 nitrogen and oxygen atoms in total. The second-order valence-electron chi connectivity index (χ2n) is 2.05. The fourth-order valence-electron chi connectivity index (χ4n) is 0.578. The third-order valence-corrected chi connectivity index (χ3v) is 0.858. The molecule has 0 aromatic carbocycles. The molecule has 3 N–H and O–H groups in total. The first-order valence-electron chi connectivity index (χ1n) is 2.79. The van der Waals surface area contributed by atoms with E-state index < -0.39 is 6.10 Å². The third-order valence-electron chi connectivity index (χ3n) is 0.858. The van der Waals surface area contributed by atoms with Gasteiger partial charge in [0.1, 0.15) is 0 Å². The number of hydrogen-bond acceptors (Lipinski definition) is 4. The van der Waals surface area contributed by atoms with Crippen LogP contribution in [0.5, 0.6) is 0 Å². The Morgan fingerprint density at radius 2 is 2.33 bits per heavy atom. The molecule has 0 aliphatic rings. The standard InChI is InChI=1S/C5H14N2O2/c1-7(6)3-5(8)4-9-2/h5,8H,3-4,6H2,1-2H3. The number of hydrazine groups is 1. The van der Waals surface area contributed by atoms with Crippen molar-refractivity contribution in [3.63, 3.8) is 0 Å². The van der Waals surface area contributed by atoms with E-state index in [2.05, 4.69) is 4.74 Å². The van der Waals surface area contributed by atoms with Crippen LogP contribution >= 0.6 is 0 Å². The molecule has 1 atom stereocenters. The van der Waals surface area contributed by atoms with Crippen LogP contribution in [0, 0.1) is 0 Å². The van der Waals surface area contributed by atoms with E-state index in [4.69, 9.17) is 10.9 Å². The zero-order valence-electron chi connectivity index (χ0n) is 5.87. The van der Waals surface area contributed by atoms with Crippen molar-refractivity contribution in [2.45, 2.75) is 6.10 Å². The highest BCUT2D eigenvalue weighted by molar-refractivity contribution is 4.54. The lowest BCUT2D eigenvalue weighted by atomic mass is 10.4. The van der Waals surface area contributed by atoms with Crippen molar-refractivity contribution in [2.24, 2.45) is 5.84 Å². The van der Waals surface area contributed by atoms with Crippen LogP contribution in [0.4, 0.5) is 0 Å². The molecule has 0 saturated carbocycles. The van der Waals surface area contributed by atoms with Crippen molar-refractivity contribution in [1.82, 2.24) is 5.01 Å². The normalized spacial score (nSPS) is 14.3. The zero-order valence-corrected chi connectivity index (χ0v) is 5.87. The Hall–Kier alpha value is -0.160. The van der Waals surface area contributed by atoms with Crippen molar-refractivity contribution < 1.29 is 9.84 Å². The summed E-state index contributed by atoms with van der Waals surface area (Å²) in [6.07, 6.45) is -0.481. The van der Waals surface area contributed by atoms with Gasteiger partial charge in [0.05, 0.1) is 12.7 Å². The third kappa shape index (κ3) is 5.72. The number of aliphatic hydroxyl groups is 1. The van der Waals surface area contributed by atoms with Gasteiger partial charge in [-0.05, 0) is 0 Å². The number of aliphatic hydroxyl groups excluding tert-OH is 1. The Morgan fingerprint density at radius 1 is 1.78 bits per heavy atom. The molecule has 0 aromatic heterocycles. The van der Waals surface area contributed by atoms with E-state index in [1.807, 2.05) is 0 Å². The van der Waals surface area contributed by atoms with Gasteiger partial charge in [-0.1, -0.05) is 0 Å². The van der Waals surface area contributed by atoms with Gasteiger partial charge in [0.15, 0.2) is 0 Å². The highest BCUT2D eigenvalue weighted by Crippen LogP contribution is 1.83. The molecule has 0 heterocycles. The van der Waals surface area contributed by atoms with E-state index in [9.17, 15) is 0 Å². The molecule has 0 saturated heterocycles. The van der Waals surface area contributed by atoms with Gasteiger partial charge in [0.25, 0.3) is 0 Å². The Kier molecular flexibility index (Phi) is 4.61. The van der Waals surface area contributed by atoms with Gasteiger partial charge in [0, 0.05) is 20.7 Å². The first-order valence-corrected chi connectivity index (χ1v) is 2.79. The summed E-state index contributed by atoms with van der Waals surface area (Å²) in [5, 5.41) is 10.4. The molecule has 4 heteroatoms. The lowest BCUT2D eigenvalue weighted by Crippen LogP contribution is -2.36. The summed E-state index contributed by atoms with van der Waals surface area (Å²) in [6, 6.07) is 0. The van der Waals surface area contributed by atoms with Gasteiger partial charge in [-0.25, -0.2) is 5.01 Å². The monoisotopic (exact) mass is 134 g/mol. The molecule has 56 valence electrons. The first kappa shape index (κ1) is 8.84. The quantitative estimate of drug-likeness (QED) is 0.374. The summed E-state index contributed by atoms with van der Waals surface area (Å²) in [7, 11) is 3.23. The van der Waals surface area contributed by atoms with Crippen LogP contribution in [0.15, 0.2) is 0 Å². The van der Waals surface area contributed by atoms with Crippen molar-refractivity contribution in [3.8, 4) is 0 Å². The zero-order chi connectivity index (χ0) is 7.28. The van der Waals surface area contributed by atoms with Gasteiger partial charge in [-0.15, -0.1) is 0 Å². The summed E-state index contributed by atoms with van der Waals surface area (Å²) in [6.45, 7) is 0.773. The predicted octanol–water partition coefficient (Wildman–Crippen LogP) is -1.20. The Labute approximate surface area is 55.2 Å². The van der Waals surface area contributed by atoms with Gasteiger partial charge in [-0.2, -0.15) is 0 Å². The maximum absolute atomic E-state index is 8.97. The van der Waals surface area contributed by atoms with E-state index in [0.717, 1.165) is 0 Å². The van der Waals surface area contributed by atoms with Crippen LogP contribution in [-0.2, 0) is 4.74 Å². The van der Waals surface area contributed by atoms with Crippen LogP contribution in [0.2, 0.25) is 0 Å². The predicted molar refractivity (Wildman–Crippen MR) is 34.7 cm³/mol. The maximum Gasteiger partial charge on any atom is 0.0913 e. The van der Waals surface area contributed by atoms with Crippen LogP contribution in [-0.4, -0.2) is 43.5 Å². The van der Waals surface area contributed by atoms with E-state index >= 15 is 0 Å². The van der Waals surface area contributed by atoms with E-state index in [1.54, 1.807) is 14.2 Å². The molecule has 0 aromatic rings. The Balaban J connectivity index is 3.15. The summed E-state index contributed by atoms with van der Waals surface area (Å²) in [4.78, 5) is 0. The number of nitrogens with two attached hydrogens (primary N) is 1. The second kappa shape index (κ2) is 4.69. The number of methoxy groups -OCH3 is 1. The lowest BCUT2D eigenvalue weighted by Gasteiger charge is -2.13. The van der Waals surface area contributed by atoms with Crippen LogP contribution in [0.25, 0.3) is 0 Å². The number of rotatable bonds is 4. The van der Waals surface area contributed by atoms with Gasteiger partial charge in [0.2, 0.25) is 0 Å². The van der Waals surface area contributed by atoms with Crippen molar-refractivity contribution in [1.29, 1.82) is 0 Å². The molecule has 0 radical (unpaired) electrons. The van der Waals surface area contributed by atoms with Crippen LogP contribution in [0.1, 0.15) is 0 Å². The second-order valence-corrected chi connectivity index (χ2v) is 2.05.